The van der Waals surface area contributed by atoms with Gasteiger partial charge in [-0.1, -0.05) is 30.3 Å². The third kappa shape index (κ3) is 6.01. The summed E-state index contributed by atoms with van der Waals surface area (Å²) in [5.41, 5.74) is 1.04. The molecule has 0 saturated carbocycles. The summed E-state index contributed by atoms with van der Waals surface area (Å²) >= 11 is 0. The molecule has 5 nitrogen and oxygen atoms in total. The molecule has 0 aliphatic carbocycles. The Bertz CT molecular complexity index is 406. The Hall–Kier alpha value is -1.88. The van der Waals surface area contributed by atoms with Crippen molar-refractivity contribution in [2.45, 2.75) is 19.9 Å². The van der Waals surface area contributed by atoms with Gasteiger partial charge >= 0.3 is 0 Å². The minimum atomic E-state index is -0.159. The molecule has 0 spiro atoms. The number of carbonyl (C=O) groups excluding carboxylic acids is 2. The number of nitrogens with one attached hydrogen (secondary N) is 1. The molecule has 0 fully saturated rings. The lowest BCUT2D eigenvalue weighted by molar-refractivity contribution is -0.130. The highest BCUT2D eigenvalue weighted by molar-refractivity contribution is 5.78. The number of amides is 2. The summed E-state index contributed by atoms with van der Waals surface area (Å²) in [4.78, 5) is 24.6. The van der Waals surface area contributed by atoms with E-state index in [-0.39, 0.29) is 31.4 Å². The topological polar surface area (TPSA) is 69.6 Å². The van der Waals surface area contributed by atoms with Crippen LogP contribution in [0, 0.1) is 0 Å². The first-order valence-corrected chi connectivity index (χ1v) is 6.30. The number of rotatable bonds is 7. The molecular weight excluding hydrogens is 244 g/mol. The van der Waals surface area contributed by atoms with Crippen molar-refractivity contribution in [3.05, 3.63) is 35.9 Å². The van der Waals surface area contributed by atoms with E-state index < -0.39 is 0 Å². The van der Waals surface area contributed by atoms with Crippen molar-refractivity contribution in [3.8, 4) is 0 Å². The summed E-state index contributed by atoms with van der Waals surface area (Å²) in [6, 6.07) is 9.65. The quantitative estimate of drug-likeness (QED) is 0.755. The molecule has 19 heavy (non-hydrogen) atoms. The second-order valence-electron chi connectivity index (χ2n) is 4.25. The fraction of sp³-hybridized carbons (Fsp3) is 0.429. The summed E-state index contributed by atoms with van der Waals surface area (Å²) in [6.45, 7) is 2.54. The van der Waals surface area contributed by atoms with Crippen LogP contribution >= 0.6 is 0 Å². The lowest BCUT2D eigenvalue weighted by Gasteiger charge is -2.20. The van der Waals surface area contributed by atoms with Gasteiger partial charge in [-0.15, -0.1) is 0 Å². The Morgan fingerprint density at radius 3 is 2.53 bits per heavy atom. The predicted molar refractivity (Wildman–Crippen MR) is 72.2 cm³/mol. The van der Waals surface area contributed by atoms with Crippen LogP contribution in [0.1, 0.15) is 18.9 Å². The third-order valence-electron chi connectivity index (χ3n) is 2.70. The zero-order valence-electron chi connectivity index (χ0n) is 11.1. The molecule has 0 unspecified atom stereocenters. The van der Waals surface area contributed by atoms with E-state index in [2.05, 4.69) is 5.32 Å². The smallest absolute Gasteiger partial charge is 0.221 e. The average Bonchev–Trinajstić information content (AvgIpc) is 2.41. The number of benzene rings is 1. The average molecular weight is 264 g/mol. The number of hydrogen-bond donors (Lipinski definition) is 2. The first-order valence-electron chi connectivity index (χ1n) is 6.30. The molecule has 5 heteroatoms. The van der Waals surface area contributed by atoms with Gasteiger partial charge in [-0.25, -0.2) is 0 Å². The molecule has 0 aliphatic rings. The molecule has 0 aromatic heterocycles. The van der Waals surface area contributed by atoms with Crippen molar-refractivity contribution in [2.24, 2.45) is 0 Å². The maximum absolute atomic E-state index is 11.5. The molecule has 0 bridgehead atoms. The molecule has 2 N–H and O–H groups in total. The molecule has 1 aromatic carbocycles. The van der Waals surface area contributed by atoms with E-state index in [4.69, 9.17) is 5.11 Å². The second kappa shape index (κ2) is 8.26. The predicted octanol–water partition coefficient (Wildman–Crippen LogP) is 0.534. The van der Waals surface area contributed by atoms with Gasteiger partial charge in [-0.3, -0.25) is 9.59 Å². The summed E-state index contributed by atoms with van der Waals surface area (Å²) < 4.78 is 0. The number of aliphatic hydroxyl groups excluding tert-OH is 1. The van der Waals surface area contributed by atoms with E-state index in [9.17, 15) is 9.59 Å². The number of hydrogen-bond acceptors (Lipinski definition) is 3. The van der Waals surface area contributed by atoms with Crippen LogP contribution in [0.5, 0.6) is 0 Å². The number of aliphatic hydroxyl groups is 1. The molecule has 2 amide bonds. The van der Waals surface area contributed by atoms with Gasteiger partial charge in [0, 0.05) is 33.0 Å². The van der Waals surface area contributed by atoms with Crippen LogP contribution in [-0.4, -0.2) is 41.5 Å². The zero-order valence-corrected chi connectivity index (χ0v) is 11.1. The number of nitrogens with zero attached hydrogens (tertiary/aromatic N) is 1. The normalized spacial score (nSPS) is 10.0. The minimum Gasteiger partial charge on any atom is -0.395 e. The summed E-state index contributed by atoms with van der Waals surface area (Å²) in [5, 5.41) is 11.2. The Morgan fingerprint density at radius 1 is 1.26 bits per heavy atom. The fourth-order valence-corrected chi connectivity index (χ4v) is 1.67. The Kier molecular flexibility index (Phi) is 6.60. The van der Waals surface area contributed by atoms with Crippen LogP contribution in [0.15, 0.2) is 30.3 Å². The van der Waals surface area contributed by atoms with Crippen molar-refractivity contribution >= 4 is 11.8 Å². The van der Waals surface area contributed by atoms with Gasteiger partial charge in [-0.05, 0) is 5.56 Å². The molecule has 104 valence electrons. The SMILES string of the molecule is CC(=O)N(CCC(=O)NCCO)Cc1ccccc1. The van der Waals surface area contributed by atoms with Gasteiger partial charge in [0.2, 0.25) is 11.8 Å². The van der Waals surface area contributed by atoms with Gasteiger partial charge in [-0.2, -0.15) is 0 Å². The molecule has 1 aromatic rings. The molecule has 0 heterocycles. The highest BCUT2D eigenvalue weighted by atomic mass is 16.3. The first-order chi connectivity index (χ1) is 9.13. The van der Waals surface area contributed by atoms with Crippen molar-refractivity contribution in [1.29, 1.82) is 0 Å². The van der Waals surface area contributed by atoms with E-state index in [1.165, 1.54) is 6.92 Å². The lowest BCUT2D eigenvalue weighted by atomic mass is 10.2. The third-order valence-corrected chi connectivity index (χ3v) is 2.70. The Morgan fingerprint density at radius 2 is 1.95 bits per heavy atom. The van der Waals surface area contributed by atoms with E-state index >= 15 is 0 Å². The summed E-state index contributed by atoms with van der Waals surface area (Å²) in [6.07, 6.45) is 0.242. The lowest BCUT2D eigenvalue weighted by Crippen LogP contribution is -2.34. The van der Waals surface area contributed by atoms with Crippen LogP contribution in [0.3, 0.4) is 0 Å². The summed E-state index contributed by atoms with van der Waals surface area (Å²) in [7, 11) is 0. The van der Waals surface area contributed by atoms with Gasteiger partial charge in [0.1, 0.15) is 0 Å². The number of carbonyl (C=O) groups is 2. The van der Waals surface area contributed by atoms with Gasteiger partial charge < -0.3 is 15.3 Å². The van der Waals surface area contributed by atoms with E-state index in [0.29, 0.717) is 13.1 Å². The molecular formula is C14H20N2O3. The van der Waals surface area contributed by atoms with E-state index in [1.54, 1.807) is 4.90 Å². The Labute approximate surface area is 113 Å². The van der Waals surface area contributed by atoms with E-state index in [0.717, 1.165) is 5.56 Å². The highest BCUT2D eigenvalue weighted by Gasteiger charge is 2.11. The fourth-order valence-electron chi connectivity index (χ4n) is 1.67. The largest absolute Gasteiger partial charge is 0.395 e. The molecule has 1 rings (SSSR count). The van der Waals surface area contributed by atoms with Gasteiger partial charge in [0.15, 0.2) is 0 Å². The highest BCUT2D eigenvalue weighted by Crippen LogP contribution is 2.05. The maximum atomic E-state index is 11.5. The zero-order chi connectivity index (χ0) is 14.1. The molecule has 0 saturated heterocycles. The van der Waals surface area contributed by atoms with Crippen LogP contribution in [0.25, 0.3) is 0 Å². The van der Waals surface area contributed by atoms with Crippen molar-refractivity contribution in [2.75, 3.05) is 19.7 Å². The molecule has 0 radical (unpaired) electrons. The standard InChI is InChI=1S/C14H20N2O3/c1-12(18)16(9-7-14(19)15-8-10-17)11-13-5-3-2-4-6-13/h2-6,17H,7-11H2,1H3,(H,15,19). The van der Waals surface area contributed by atoms with Crippen LogP contribution in [0.2, 0.25) is 0 Å². The van der Waals surface area contributed by atoms with E-state index in [1.807, 2.05) is 30.3 Å². The van der Waals surface area contributed by atoms with Crippen LogP contribution < -0.4 is 5.32 Å². The molecule has 0 aliphatic heterocycles. The van der Waals surface area contributed by atoms with Gasteiger partial charge in [0.25, 0.3) is 0 Å². The monoisotopic (exact) mass is 264 g/mol. The minimum absolute atomic E-state index is 0.0567. The van der Waals surface area contributed by atoms with Crippen molar-refractivity contribution < 1.29 is 14.7 Å². The van der Waals surface area contributed by atoms with Crippen LogP contribution in [0.4, 0.5) is 0 Å². The first kappa shape index (κ1) is 15.2. The van der Waals surface area contributed by atoms with Crippen molar-refractivity contribution in [3.63, 3.8) is 0 Å². The second-order valence-corrected chi connectivity index (χ2v) is 4.25. The van der Waals surface area contributed by atoms with Crippen molar-refractivity contribution in [1.82, 2.24) is 10.2 Å². The summed E-state index contributed by atoms with van der Waals surface area (Å²) in [5.74, 6) is -0.216. The maximum Gasteiger partial charge on any atom is 0.221 e. The van der Waals surface area contributed by atoms with Gasteiger partial charge in [0.05, 0.1) is 6.61 Å². The molecule has 0 atom stereocenters. The Balaban J connectivity index is 2.45. The van der Waals surface area contributed by atoms with Crippen LogP contribution in [-0.2, 0) is 16.1 Å².